The Morgan fingerprint density at radius 2 is 1.76 bits per heavy atom. The number of hydrogen-bond donors (Lipinski definition) is 1. The summed E-state index contributed by atoms with van der Waals surface area (Å²) in [6.45, 7) is 3.37. The highest BCUT2D eigenvalue weighted by Crippen LogP contribution is 2.29. The smallest absolute Gasteiger partial charge is 0.263 e. The number of nitrogens with zero attached hydrogens (tertiary/aromatic N) is 3. The Labute approximate surface area is 194 Å². The van der Waals surface area contributed by atoms with E-state index in [0.717, 1.165) is 29.7 Å². The molecule has 1 fully saturated rings. The first kappa shape index (κ1) is 22.6. The summed E-state index contributed by atoms with van der Waals surface area (Å²) in [4.78, 5) is 23.9. The van der Waals surface area contributed by atoms with Crippen LogP contribution in [0.3, 0.4) is 0 Å². The number of nitrogens with two attached hydrogens (primary N) is 1. The van der Waals surface area contributed by atoms with Crippen LogP contribution in [0.1, 0.15) is 37.8 Å². The van der Waals surface area contributed by atoms with Gasteiger partial charge >= 0.3 is 0 Å². The number of hydrogen-bond acceptors (Lipinski definition) is 6. The van der Waals surface area contributed by atoms with E-state index < -0.39 is 6.10 Å². The molecule has 2 aromatic heterocycles. The largest absolute Gasteiger partial charge is 0.497 e. The summed E-state index contributed by atoms with van der Waals surface area (Å²) in [6.07, 6.45) is 5.52. The van der Waals surface area contributed by atoms with E-state index in [4.69, 9.17) is 20.2 Å². The third-order valence-corrected chi connectivity index (χ3v) is 6.10. The number of pyridine rings is 2. The van der Waals surface area contributed by atoms with Gasteiger partial charge in [-0.05, 0) is 49.6 Å². The molecule has 0 bridgehead atoms. The summed E-state index contributed by atoms with van der Waals surface area (Å²) in [5.41, 5.74) is 8.74. The van der Waals surface area contributed by atoms with Crippen molar-refractivity contribution in [3.05, 3.63) is 66.6 Å². The maximum absolute atomic E-state index is 13.1. The Bertz CT molecular complexity index is 1060. The SMILES string of the molecule is CC[C@H](Oc1cccc(OC)c1)C(=O)N1CCC(c2ccc(-c3ccc(N)nc3)cn2)CC1. The molecule has 172 valence electrons. The Hall–Kier alpha value is -3.61. The predicted molar refractivity (Wildman–Crippen MR) is 128 cm³/mol. The molecule has 0 spiro atoms. The third kappa shape index (κ3) is 5.42. The summed E-state index contributed by atoms with van der Waals surface area (Å²) in [6, 6.07) is 15.3. The minimum atomic E-state index is -0.500. The summed E-state index contributed by atoms with van der Waals surface area (Å²) >= 11 is 0. The first-order valence-corrected chi connectivity index (χ1v) is 11.3. The Balaban J connectivity index is 1.34. The lowest BCUT2D eigenvalue weighted by atomic mass is 9.92. The second-order valence-electron chi connectivity index (χ2n) is 8.24. The number of likely N-dealkylation sites (tertiary alicyclic amines) is 1. The molecule has 7 nitrogen and oxygen atoms in total. The normalized spacial score (nSPS) is 15.2. The fraction of sp³-hybridized carbons (Fsp3) is 0.346. The fourth-order valence-electron chi connectivity index (χ4n) is 4.14. The number of carbonyl (C=O) groups is 1. The molecule has 1 aromatic carbocycles. The van der Waals surface area contributed by atoms with Crippen molar-refractivity contribution < 1.29 is 14.3 Å². The van der Waals surface area contributed by atoms with Crippen LogP contribution in [-0.2, 0) is 4.79 Å². The number of piperidine rings is 1. The maximum Gasteiger partial charge on any atom is 0.263 e. The minimum absolute atomic E-state index is 0.0397. The van der Waals surface area contributed by atoms with Gasteiger partial charge in [0.1, 0.15) is 17.3 Å². The second-order valence-corrected chi connectivity index (χ2v) is 8.24. The zero-order valence-corrected chi connectivity index (χ0v) is 19.1. The van der Waals surface area contributed by atoms with Crippen LogP contribution in [0.4, 0.5) is 5.82 Å². The first-order valence-electron chi connectivity index (χ1n) is 11.3. The Kier molecular flexibility index (Phi) is 7.07. The molecule has 1 atom stereocenters. The van der Waals surface area contributed by atoms with E-state index in [0.29, 0.717) is 42.7 Å². The molecule has 3 heterocycles. The van der Waals surface area contributed by atoms with E-state index in [9.17, 15) is 4.79 Å². The van der Waals surface area contributed by atoms with Crippen molar-refractivity contribution in [2.45, 2.75) is 38.2 Å². The lowest BCUT2D eigenvalue weighted by molar-refractivity contribution is -0.140. The number of aromatic nitrogens is 2. The number of rotatable bonds is 7. The van der Waals surface area contributed by atoms with Gasteiger partial charge in [0.2, 0.25) is 0 Å². The molecule has 33 heavy (non-hydrogen) atoms. The molecule has 0 saturated carbocycles. The van der Waals surface area contributed by atoms with Crippen LogP contribution in [0, 0.1) is 0 Å². The number of ether oxygens (including phenoxy) is 2. The van der Waals surface area contributed by atoms with Gasteiger partial charge in [0.05, 0.1) is 7.11 Å². The van der Waals surface area contributed by atoms with Crippen molar-refractivity contribution in [3.63, 3.8) is 0 Å². The van der Waals surface area contributed by atoms with Crippen LogP contribution in [-0.4, -0.2) is 47.1 Å². The molecule has 7 heteroatoms. The highest BCUT2D eigenvalue weighted by Gasteiger charge is 2.29. The highest BCUT2D eigenvalue weighted by atomic mass is 16.5. The van der Waals surface area contributed by atoms with Gasteiger partial charge in [-0.3, -0.25) is 9.78 Å². The number of carbonyl (C=O) groups excluding carboxylic acids is 1. The molecule has 1 amide bonds. The van der Waals surface area contributed by atoms with E-state index in [1.165, 1.54) is 0 Å². The van der Waals surface area contributed by atoms with Crippen molar-refractivity contribution in [2.75, 3.05) is 25.9 Å². The lowest BCUT2D eigenvalue weighted by Crippen LogP contribution is -2.45. The van der Waals surface area contributed by atoms with Crippen LogP contribution in [0.25, 0.3) is 11.1 Å². The Morgan fingerprint density at radius 3 is 2.36 bits per heavy atom. The zero-order valence-electron chi connectivity index (χ0n) is 19.1. The van der Waals surface area contributed by atoms with Crippen molar-refractivity contribution in [1.29, 1.82) is 0 Å². The average molecular weight is 447 g/mol. The van der Waals surface area contributed by atoms with E-state index in [1.54, 1.807) is 25.4 Å². The number of benzene rings is 1. The van der Waals surface area contributed by atoms with Gasteiger partial charge in [0.25, 0.3) is 5.91 Å². The van der Waals surface area contributed by atoms with Gasteiger partial charge in [-0.15, -0.1) is 0 Å². The van der Waals surface area contributed by atoms with Gasteiger partial charge in [-0.1, -0.05) is 19.1 Å². The van der Waals surface area contributed by atoms with Crippen molar-refractivity contribution in [3.8, 4) is 22.6 Å². The summed E-state index contributed by atoms with van der Waals surface area (Å²) in [7, 11) is 1.61. The maximum atomic E-state index is 13.1. The number of nitrogen functional groups attached to an aromatic ring is 1. The van der Waals surface area contributed by atoms with Crippen molar-refractivity contribution >= 4 is 11.7 Å². The van der Waals surface area contributed by atoms with Crippen molar-refractivity contribution in [1.82, 2.24) is 14.9 Å². The second kappa shape index (κ2) is 10.3. The third-order valence-electron chi connectivity index (χ3n) is 6.10. The fourth-order valence-corrected chi connectivity index (χ4v) is 4.14. The zero-order chi connectivity index (χ0) is 23.2. The monoisotopic (exact) mass is 446 g/mol. The topological polar surface area (TPSA) is 90.6 Å². The van der Waals surface area contributed by atoms with E-state index >= 15 is 0 Å². The predicted octanol–water partition coefficient (Wildman–Crippen LogP) is 4.30. The number of amides is 1. The summed E-state index contributed by atoms with van der Waals surface area (Å²) in [5.74, 6) is 2.24. The number of methoxy groups -OCH3 is 1. The van der Waals surface area contributed by atoms with Crippen LogP contribution in [0.15, 0.2) is 60.9 Å². The lowest BCUT2D eigenvalue weighted by Gasteiger charge is -2.34. The Morgan fingerprint density at radius 1 is 1.06 bits per heavy atom. The van der Waals surface area contributed by atoms with Crippen LogP contribution < -0.4 is 15.2 Å². The minimum Gasteiger partial charge on any atom is -0.497 e. The van der Waals surface area contributed by atoms with Crippen LogP contribution in [0.5, 0.6) is 11.5 Å². The van der Waals surface area contributed by atoms with Gasteiger partial charge < -0.3 is 20.1 Å². The van der Waals surface area contributed by atoms with Crippen molar-refractivity contribution in [2.24, 2.45) is 0 Å². The van der Waals surface area contributed by atoms with Gasteiger partial charge in [-0.25, -0.2) is 4.98 Å². The summed E-state index contributed by atoms with van der Waals surface area (Å²) in [5, 5.41) is 0. The highest BCUT2D eigenvalue weighted by molar-refractivity contribution is 5.81. The van der Waals surface area contributed by atoms with Gasteiger partial charge in [0, 0.05) is 54.3 Å². The molecule has 1 aliphatic rings. The average Bonchev–Trinajstić information content (AvgIpc) is 2.87. The molecule has 1 aliphatic heterocycles. The number of anilines is 1. The standard InChI is InChI=1S/C26H30N4O3/c1-3-24(33-22-6-4-5-21(15-22)32-2)26(31)30-13-11-18(12-14-30)23-9-7-19(16-28-23)20-8-10-25(27)29-17-20/h4-10,15-18,24H,3,11-14H2,1-2H3,(H2,27,29)/t24-/m0/s1. The van der Waals surface area contributed by atoms with E-state index in [2.05, 4.69) is 17.1 Å². The first-order chi connectivity index (χ1) is 16.1. The van der Waals surface area contributed by atoms with Gasteiger partial charge in [-0.2, -0.15) is 0 Å². The molecule has 3 aromatic rings. The van der Waals surface area contributed by atoms with Gasteiger partial charge in [0.15, 0.2) is 6.10 Å². The van der Waals surface area contributed by atoms with E-state index in [1.807, 2.05) is 42.3 Å². The van der Waals surface area contributed by atoms with Crippen LogP contribution >= 0.6 is 0 Å². The quantitative estimate of drug-likeness (QED) is 0.582. The molecule has 2 N–H and O–H groups in total. The molecule has 0 aliphatic carbocycles. The summed E-state index contributed by atoms with van der Waals surface area (Å²) < 4.78 is 11.2. The molecule has 0 unspecified atom stereocenters. The molecule has 4 rings (SSSR count). The molecular formula is C26H30N4O3. The molecular weight excluding hydrogens is 416 g/mol. The molecule has 1 saturated heterocycles. The van der Waals surface area contributed by atoms with E-state index in [-0.39, 0.29) is 5.91 Å². The van der Waals surface area contributed by atoms with Crippen LogP contribution in [0.2, 0.25) is 0 Å². The molecule has 0 radical (unpaired) electrons.